The van der Waals surface area contributed by atoms with E-state index >= 15 is 0 Å². The Morgan fingerprint density at radius 2 is 2.00 bits per heavy atom. The molecule has 1 aliphatic rings. The highest BCUT2D eigenvalue weighted by Gasteiger charge is 2.19. The zero-order valence-corrected chi connectivity index (χ0v) is 18.0. The van der Waals surface area contributed by atoms with Crippen molar-refractivity contribution in [3.05, 3.63) is 86.9 Å². The predicted octanol–water partition coefficient (Wildman–Crippen LogP) is 6.41. The first kappa shape index (κ1) is 23.6. The van der Waals surface area contributed by atoms with E-state index in [9.17, 15) is 10.1 Å². The second-order valence-electron chi connectivity index (χ2n) is 6.37. The van der Waals surface area contributed by atoms with Crippen LogP contribution in [-0.4, -0.2) is 22.2 Å². The Morgan fingerprint density at radius 1 is 1.17 bits per heavy atom. The van der Waals surface area contributed by atoms with Crippen LogP contribution in [0, 0.1) is 10.1 Å². The van der Waals surface area contributed by atoms with Crippen molar-refractivity contribution in [3.63, 3.8) is 0 Å². The molecule has 1 aromatic carbocycles. The molecule has 0 spiro atoms. The van der Waals surface area contributed by atoms with Crippen LogP contribution in [0.3, 0.4) is 0 Å². The minimum Gasteiger partial charge on any atom is -0.456 e. The molecule has 0 unspecified atom stereocenters. The second kappa shape index (κ2) is 10.4. The summed E-state index contributed by atoms with van der Waals surface area (Å²) >= 11 is 5.89. The van der Waals surface area contributed by atoms with Crippen LogP contribution in [0.2, 0.25) is 5.02 Å². The van der Waals surface area contributed by atoms with Crippen LogP contribution in [0.1, 0.15) is 24.2 Å². The van der Waals surface area contributed by atoms with Gasteiger partial charge in [0.05, 0.1) is 16.2 Å². The Morgan fingerprint density at radius 3 is 2.73 bits per heavy atom. The number of allylic oxidation sites excluding steroid dienone is 1. The number of nitro groups is 1. The fraction of sp³-hybridized carbons (Fsp3) is 0.143. The summed E-state index contributed by atoms with van der Waals surface area (Å²) in [4.78, 5) is 19.7. The van der Waals surface area contributed by atoms with E-state index in [4.69, 9.17) is 16.0 Å². The molecule has 2 aromatic heterocycles. The number of aliphatic imine (C=N–C) groups is 1. The Labute approximate surface area is 190 Å². The summed E-state index contributed by atoms with van der Waals surface area (Å²) in [5.74, 6) is 1.04. The normalized spacial score (nSPS) is 14.4. The van der Waals surface area contributed by atoms with Crippen molar-refractivity contribution in [3.8, 4) is 11.3 Å². The highest BCUT2D eigenvalue weighted by molar-refractivity contribution is 6.30. The highest BCUT2D eigenvalue weighted by Crippen LogP contribution is 2.34. The summed E-state index contributed by atoms with van der Waals surface area (Å²) in [6.07, 6.45) is 7.31. The number of rotatable bonds is 4. The zero-order valence-electron chi connectivity index (χ0n) is 15.7. The molecule has 0 N–H and O–H groups in total. The van der Waals surface area contributed by atoms with Crippen molar-refractivity contribution < 1.29 is 9.34 Å². The average Bonchev–Trinajstić information content (AvgIpc) is 3.17. The first-order valence-electron chi connectivity index (χ1n) is 8.82. The third kappa shape index (κ3) is 5.08. The van der Waals surface area contributed by atoms with E-state index < -0.39 is 4.92 Å². The number of pyridine rings is 1. The molecule has 9 heteroatoms. The summed E-state index contributed by atoms with van der Waals surface area (Å²) in [6.45, 7) is 0.780. The Bertz CT molecular complexity index is 1100. The lowest BCUT2D eigenvalue weighted by atomic mass is 9.96. The van der Waals surface area contributed by atoms with Gasteiger partial charge >= 0.3 is 0 Å². The van der Waals surface area contributed by atoms with Crippen LogP contribution in [0.15, 0.2) is 69.8 Å². The Hall–Kier alpha value is -2.67. The van der Waals surface area contributed by atoms with Crippen LogP contribution in [0.5, 0.6) is 0 Å². The van der Waals surface area contributed by atoms with E-state index in [0.29, 0.717) is 22.1 Å². The molecule has 0 fully saturated rings. The second-order valence-corrected chi connectivity index (χ2v) is 6.80. The van der Waals surface area contributed by atoms with Gasteiger partial charge in [-0.05, 0) is 60.9 Å². The minimum atomic E-state index is -0.462. The maximum Gasteiger partial charge on any atom is 0.281 e. The first-order valence-corrected chi connectivity index (χ1v) is 9.19. The SMILES string of the molecule is Cl.Cl.O=[N+]([O-])c1cc(Cl)ccc1-c1ccc(/C=C2\CCCN=C2c2cccnc2)o1. The number of hydrogen-bond donors (Lipinski definition) is 0. The molecule has 0 saturated heterocycles. The fourth-order valence-electron chi connectivity index (χ4n) is 3.21. The molecular weight excluding hydrogens is 449 g/mol. The molecule has 30 heavy (non-hydrogen) atoms. The lowest BCUT2D eigenvalue weighted by molar-refractivity contribution is -0.384. The quantitative estimate of drug-likeness (QED) is 0.328. The van der Waals surface area contributed by atoms with Gasteiger partial charge < -0.3 is 4.42 Å². The minimum absolute atomic E-state index is 0. The van der Waals surface area contributed by atoms with Crippen molar-refractivity contribution in [2.75, 3.05) is 6.54 Å². The van der Waals surface area contributed by atoms with E-state index in [1.807, 2.05) is 18.2 Å². The Balaban J connectivity index is 0.00000160. The number of benzene rings is 1. The van der Waals surface area contributed by atoms with E-state index in [1.54, 1.807) is 36.7 Å². The number of halogens is 3. The molecule has 156 valence electrons. The molecule has 0 atom stereocenters. The summed E-state index contributed by atoms with van der Waals surface area (Å²) in [6, 6.07) is 11.9. The molecule has 0 saturated carbocycles. The lowest BCUT2D eigenvalue weighted by Crippen LogP contribution is -2.11. The van der Waals surface area contributed by atoms with Gasteiger partial charge in [0.25, 0.3) is 5.69 Å². The molecule has 0 bridgehead atoms. The highest BCUT2D eigenvalue weighted by atomic mass is 35.5. The lowest BCUT2D eigenvalue weighted by Gasteiger charge is -2.15. The summed E-state index contributed by atoms with van der Waals surface area (Å²) in [5, 5.41) is 11.7. The maximum atomic E-state index is 11.3. The summed E-state index contributed by atoms with van der Waals surface area (Å²) in [5.41, 5.74) is 3.24. The molecule has 3 heterocycles. The van der Waals surface area contributed by atoms with E-state index in [2.05, 4.69) is 9.98 Å². The van der Waals surface area contributed by atoms with Gasteiger partial charge in [0.2, 0.25) is 0 Å². The van der Waals surface area contributed by atoms with Crippen LogP contribution < -0.4 is 0 Å². The largest absolute Gasteiger partial charge is 0.456 e. The molecule has 3 aromatic rings. The van der Waals surface area contributed by atoms with Gasteiger partial charge in [0, 0.05) is 35.6 Å². The fourth-order valence-corrected chi connectivity index (χ4v) is 3.38. The zero-order chi connectivity index (χ0) is 19.5. The maximum absolute atomic E-state index is 11.3. The average molecular weight is 467 g/mol. The van der Waals surface area contributed by atoms with Gasteiger partial charge in [-0.2, -0.15) is 0 Å². The molecular formula is C21H18Cl3N3O3. The standard InChI is InChI=1S/C21H16ClN3O3.2ClH/c22-16-5-7-18(19(12-16)25(26)27)20-8-6-17(28-20)11-14-3-2-10-24-21(14)15-4-1-9-23-13-15;;/h1,4-9,11-13H,2-3,10H2;2*1H/b14-11+;;. The van der Waals surface area contributed by atoms with Crippen LogP contribution in [-0.2, 0) is 0 Å². The third-order valence-corrected chi connectivity index (χ3v) is 4.71. The monoisotopic (exact) mass is 465 g/mol. The van der Waals surface area contributed by atoms with Crippen molar-refractivity contribution in [2.24, 2.45) is 4.99 Å². The molecule has 0 radical (unpaired) electrons. The van der Waals surface area contributed by atoms with Gasteiger partial charge in [0.15, 0.2) is 0 Å². The van der Waals surface area contributed by atoms with Crippen molar-refractivity contribution in [1.29, 1.82) is 0 Å². The number of nitrogens with zero attached hydrogens (tertiary/aromatic N) is 3. The van der Waals surface area contributed by atoms with E-state index in [1.165, 1.54) is 6.07 Å². The van der Waals surface area contributed by atoms with Gasteiger partial charge in [-0.3, -0.25) is 20.1 Å². The summed E-state index contributed by atoms with van der Waals surface area (Å²) in [7, 11) is 0. The van der Waals surface area contributed by atoms with Crippen molar-refractivity contribution >= 4 is 53.9 Å². The van der Waals surface area contributed by atoms with E-state index in [0.717, 1.165) is 36.2 Å². The molecule has 6 nitrogen and oxygen atoms in total. The van der Waals surface area contributed by atoms with Crippen LogP contribution >= 0.6 is 36.4 Å². The number of nitro benzene ring substituents is 1. The third-order valence-electron chi connectivity index (χ3n) is 4.48. The molecule has 0 aliphatic carbocycles. The van der Waals surface area contributed by atoms with Gasteiger partial charge in [-0.15, -0.1) is 24.8 Å². The van der Waals surface area contributed by atoms with Crippen molar-refractivity contribution in [2.45, 2.75) is 12.8 Å². The predicted molar refractivity (Wildman–Crippen MR) is 123 cm³/mol. The topological polar surface area (TPSA) is 81.5 Å². The smallest absolute Gasteiger partial charge is 0.281 e. The molecule has 0 amide bonds. The van der Waals surface area contributed by atoms with Crippen LogP contribution in [0.25, 0.3) is 17.4 Å². The van der Waals surface area contributed by atoms with E-state index in [-0.39, 0.29) is 30.5 Å². The number of hydrogen-bond acceptors (Lipinski definition) is 5. The summed E-state index contributed by atoms with van der Waals surface area (Å²) < 4.78 is 5.89. The first-order chi connectivity index (χ1) is 13.6. The number of furan rings is 1. The molecule has 1 aliphatic heterocycles. The molecule has 4 rings (SSSR count). The van der Waals surface area contributed by atoms with Gasteiger partial charge in [-0.1, -0.05) is 11.6 Å². The Kier molecular flexibility index (Phi) is 8.17. The van der Waals surface area contributed by atoms with Crippen LogP contribution in [0.4, 0.5) is 5.69 Å². The van der Waals surface area contributed by atoms with Gasteiger partial charge in [0.1, 0.15) is 11.5 Å². The van der Waals surface area contributed by atoms with Gasteiger partial charge in [-0.25, -0.2) is 0 Å². The number of aromatic nitrogens is 1. The van der Waals surface area contributed by atoms with Crippen molar-refractivity contribution in [1.82, 2.24) is 4.98 Å².